The van der Waals surface area contributed by atoms with Gasteiger partial charge in [0.25, 0.3) is 0 Å². The van der Waals surface area contributed by atoms with E-state index >= 15 is 0 Å². The van der Waals surface area contributed by atoms with Crippen molar-refractivity contribution in [2.75, 3.05) is 5.32 Å². The molecule has 0 unspecified atom stereocenters. The highest BCUT2D eigenvalue weighted by atomic mass is 79.9. The largest absolute Gasteiger partial charge is 0.465 e. The van der Waals surface area contributed by atoms with Gasteiger partial charge < -0.3 is 9.73 Å². The third-order valence-corrected chi connectivity index (χ3v) is 3.19. The van der Waals surface area contributed by atoms with Gasteiger partial charge in [0.05, 0.1) is 17.5 Å². The molecule has 3 nitrogen and oxygen atoms in total. The second-order valence-corrected chi connectivity index (χ2v) is 4.88. The molecule has 21 heavy (non-hydrogen) atoms. The van der Waals surface area contributed by atoms with E-state index in [9.17, 15) is 18.0 Å². The summed E-state index contributed by atoms with van der Waals surface area (Å²) >= 11 is 3.09. The number of hydrogen-bond donors (Lipinski definition) is 1. The first-order valence-electron chi connectivity index (χ1n) is 5.75. The van der Waals surface area contributed by atoms with Crippen molar-refractivity contribution in [3.05, 3.63) is 58.5 Å². The minimum atomic E-state index is -4.47. The molecule has 0 saturated heterocycles. The lowest BCUT2D eigenvalue weighted by Gasteiger charge is -2.10. The third kappa shape index (κ3) is 4.22. The van der Waals surface area contributed by atoms with Crippen LogP contribution in [0.2, 0.25) is 0 Å². The van der Waals surface area contributed by atoms with Crippen molar-refractivity contribution in [2.45, 2.75) is 6.18 Å². The quantitative estimate of drug-likeness (QED) is 0.806. The summed E-state index contributed by atoms with van der Waals surface area (Å²) in [7, 11) is 0. The number of carbonyl (C=O) groups is 1. The van der Waals surface area contributed by atoms with Gasteiger partial charge in [-0.3, -0.25) is 4.79 Å². The lowest BCUT2D eigenvalue weighted by Crippen LogP contribution is -2.11. The van der Waals surface area contributed by atoms with Crippen molar-refractivity contribution in [3.63, 3.8) is 0 Å². The first-order valence-corrected chi connectivity index (χ1v) is 6.55. The number of furan rings is 1. The van der Waals surface area contributed by atoms with Crippen LogP contribution in [0.1, 0.15) is 11.3 Å². The van der Waals surface area contributed by atoms with Crippen molar-refractivity contribution in [1.82, 2.24) is 0 Å². The Balaban J connectivity index is 2.13. The maximum atomic E-state index is 12.6. The SMILES string of the molecule is O=C(/C=C/c1ccco1)Nc1cc(C(F)(F)F)ccc1Br. The van der Waals surface area contributed by atoms with Gasteiger partial charge in [-0.1, -0.05) is 0 Å². The molecular weight excluding hydrogens is 351 g/mol. The van der Waals surface area contributed by atoms with Crippen LogP contribution in [0.25, 0.3) is 6.08 Å². The van der Waals surface area contributed by atoms with Crippen LogP contribution in [-0.2, 0) is 11.0 Å². The monoisotopic (exact) mass is 359 g/mol. The van der Waals surface area contributed by atoms with Crippen LogP contribution in [0.4, 0.5) is 18.9 Å². The van der Waals surface area contributed by atoms with Crippen LogP contribution in [-0.4, -0.2) is 5.91 Å². The van der Waals surface area contributed by atoms with Gasteiger partial charge in [-0.05, 0) is 52.3 Å². The number of nitrogens with one attached hydrogen (secondary N) is 1. The van der Waals surface area contributed by atoms with Crippen LogP contribution in [0.5, 0.6) is 0 Å². The number of carbonyl (C=O) groups excluding carboxylic acids is 1. The summed E-state index contributed by atoms with van der Waals surface area (Å²) < 4.78 is 43.2. The van der Waals surface area contributed by atoms with Gasteiger partial charge in [0.2, 0.25) is 5.91 Å². The molecule has 0 aliphatic heterocycles. The second kappa shape index (κ2) is 6.17. The maximum Gasteiger partial charge on any atom is 0.416 e. The highest BCUT2D eigenvalue weighted by Crippen LogP contribution is 2.33. The van der Waals surface area contributed by atoms with E-state index in [0.29, 0.717) is 10.2 Å². The molecule has 0 radical (unpaired) electrons. The van der Waals surface area contributed by atoms with Crippen molar-refractivity contribution >= 4 is 33.6 Å². The molecule has 1 aromatic carbocycles. The molecule has 0 saturated carbocycles. The van der Waals surface area contributed by atoms with Gasteiger partial charge >= 0.3 is 6.18 Å². The van der Waals surface area contributed by atoms with Gasteiger partial charge in [-0.25, -0.2) is 0 Å². The van der Waals surface area contributed by atoms with Gasteiger partial charge in [0, 0.05) is 10.5 Å². The van der Waals surface area contributed by atoms with Crippen molar-refractivity contribution in [3.8, 4) is 0 Å². The molecule has 0 aliphatic carbocycles. The highest BCUT2D eigenvalue weighted by Gasteiger charge is 2.31. The molecule has 1 N–H and O–H groups in total. The average Bonchev–Trinajstić information content (AvgIpc) is 2.91. The topological polar surface area (TPSA) is 42.2 Å². The molecule has 1 amide bonds. The lowest BCUT2D eigenvalue weighted by atomic mass is 10.2. The molecular formula is C14H9BrF3NO2. The zero-order valence-corrected chi connectivity index (χ0v) is 12.0. The fourth-order valence-electron chi connectivity index (χ4n) is 1.52. The van der Waals surface area contributed by atoms with Crippen molar-refractivity contribution in [1.29, 1.82) is 0 Å². The predicted molar refractivity (Wildman–Crippen MR) is 75.5 cm³/mol. The Hall–Kier alpha value is -2.02. The van der Waals surface area contributed by atoms with Gasteiger partial charge in [0.15, 0.2) is 0 Å². The van der Waals surface area contributed by atoms with E-state index < -0.39 is 17.6 Å². The summed E-state index contributed by atoms with van der Waals surface area (Å²) in [4.78, 5) is 11.7. The fraction of sp³-hybridized carbons (Fsp3) is 0.0714. The van der Waals surface area contributed by atoms with Crippen molar-refractivity contribution in [2.24, 2.45) is 0 Å². The minimum Gasteiger partial charge on any atom is -0.465 e. The van der Waals surface area contributed by atoms with E-state index in [1.165, 1.54) is 24.5 Å². The van der Waals surface area contributed by atoms with Crippen LogP contribution >= 0.6 is 15.9 Å². The van der Waals surface area contributed by atoms with E-state index in [1.54, 1.807) is 12.1 Å². The van der Waals surface area contributed by atoms with E-state index in [-0.39, 0.29) is 5.69 Å². The average molecular weight is 360 g/mol. The molecule has 7 heteroatoms. The maximum absolute atomic E-state index is 12.6. The highest BCUT2D eigenvalue weighted by molar-refractivity contribution is 9.10. The Morgan fingerprint density at radius 2 is 2.05 bits per heavy atom. The molecule has 0 fully saturated rings. The molecule has 0 atom stereocenters. The fourth-order valence-corrected chi connectivity index (χ4v) is 1.86. The van der Waals surface area contributed by atoms with E-state index in [4.69, 9.17) is 4.42 Å². The zero-order valence-electron chi connectivity index (χ0n) is 10.4. The number of hydrogen-bond acceptors (Lipinski definition) is 2. The summed E-state index contributed by atoms with van der Waals surface area (Å²) in [6, 6.07) is 6.32. The predicted octanol–water partition coefficient (Wildman–Crippen LogP) is 4.71. The van der Waals surface area contributed by atoms with Crippen LogP contribution < -0.4 is 5.32 Å². The Morgan fingerprint density at radius 3 is 2.67 bits per heavy atom. The van der Waals surface area contributed by atoms with E-state index in [2.05, 4.69) is 21.2 Å². The number of benzene rings is 1. The summed E-state index contributed by atoms with van der Waals surface area (Å²) in [6.07, 6.45) is -0.437. The van der Waals surface area contributed by atoms with Crippen LogP contribution in [0, 0.1) is 0 Å². The molecule has 2 aromatic rings. The Kier molecular flexibility index (Phi) is 4.52. The van der Waals surface area contributed by atoms with Gasteiger partial charge in [0.1, 0.15) is 5.76 Å². The number of amides is 1. The van der Waals surface area contributed by atoms with Crippen LogP contribution in [0.3, 0.4) is 0 Å². The number of rotatable bonds is 3. The van der Waals surface area contributed by atoms with E-state index in [0.717, 1.165) is 12.1 Å². The summed E-state index contributed by atoms with van der Waals surface area (Å²) in [5.74, 6) is -0.0975. The molecule has 0 aliphatic rings. The summed E-state index contributed by atoms with van der Waals surface area (Å²) in [5.41, 5.74) is -0.796. The van der Waals surface area contributed by atoms with Crippen molar-refractivity contribution < 1.29 is 22.4 Å². The Labute approximate surface area is 126 Å². The smallest absolute Gasteiger partial charge is 0.416 e. The molecule has 0 bridgehead atoms. The number of alkyl halides is 3. The first-order chi connectivity index (χ1) is 9.86. The molecule has 1 aromatic heterocycles. The zero-order chi connectivity index (χ0) is 15.5. The van der Waals surface area contributed by atoms with Gasteiger partial charge in [-0.15, -0.1) is 0 Å². The number of anilines is 1. The minimum absolute atomic E-state index is 0.0407. The summed E-state index contributed by atoms with van der Waals surface area (Å²) in [6.45, 7) is 0. The first kappa shape index (κ1) is 15.4. The van der Waals surface area contributed by atoms with Gasteiger partial charge in [-0.2, -0.15) is 13.2 Å². The molecule has 1 heterocycles. The molecule has 0 spiro atoms. The Morgan fingerprint density at radius 1 is 1.29 bits per heavy atom. The second-order valence-electron chi connectivity index (χ2n) is 4.03. The summed E-state index contributed by atoms with van der Waals surface area (Å²) in [5, 5.41) is 2.37. The lowest BCUT2D eigenvalue weighted by molar-refractivity contribution is -0.137. The molecule has 2 rings (SSSR count). The Bertz CT molecular complexity index is 663. The van der Waals surface area contributed by atoms with E-state index in [1.807, 2.05) is 0 Å². The normalized spacial score (nSPS) is 11.8. The van der Waals surface area contributed by atoms with Crippen LogP contribution in [0.15, 0.2) is 51.6 Å². The standard InChI is InChI=1S/C14H9BrF3NO2/c15-11-5-3-9(14(16,17)18)8-12(11)19-13(20)6-4-10-2-1-7-21-10/h1-8H,(H,19,20)/b6-4+. The molecule has 110 valence electrons. The number of halogens is 4. The third-order valence-electron chi connectivity index (χ3n) is 2.49.